The van der Waals surface area contributed by atoms with Crippen LogP contribution >= 0.6 is 0 Å². The van der Waals surface area contributed by atoms with E-state index in [1.807, 2.05) is 55.5 Å². The molecule has 1 saturated heterocycles. The number of piperazine rings is 1. The lowest BCUT2D eigenvalue weighted by Crippen LogP contribution is -2.55. The maximum atomic E-state index is 13.7. The zero-order chi connectivity index (χ0) is 25.7. The standard InChI is InChI=1S/C28H28N4O4/c1-4-17-36-28(35)23-20(3)29-25(21-11-7-5-8-12-21)30-24(23)27(34)31-15-16-32(19(2)18-31)26(33)22-13-9-6-10-14-22/h4-14,19H,1,15-18H2,2-3H3. The quantitative estimate of drug-likeness (QED) is 0.391. The molecule has 0 bridgehead atoms. The van der Waals surface area contributed by atoms with Crippen molar-refractivity contribution in [3.05, 3.63) is 95.8 Å². The van der Waals surface area contributed by atoms with E-state index in [-0.39, 0.29) is 29.8 Å². The van der Waals surface area contributed by atoms with Crippen LogP contribution in [0.2, 0.25) is 0 Å². The van der Waals surface area contributed by atoms with Crippen molar-refractivity contribution in [3.8, 4) is 11.4 Å². The van der Waals surface area contributed by atoms with Gasteiger partial charge in [0.2, 0.25) is 0 Å². The topological polar surface area (TPSA) is 92.7 Å². The molecule has 36 heavy (non-hydrogen) atoms. The number of nitrogens with zero attached hydrogens (tertiary/aromatic N) is 4. The van der Waals surface area contributed by atoms with Crippen molar-refractivity contribution >= 4 is 17.8 Å². The van der Waals surface area contributed by atoms with Gasteiger partial charge >= 0.3 is 5.97 Å². The van der Waals surface area contributed by atoms with E-state index in [0.717, 1.165) is 5.56 Å². The van der Waals surface area contributed by atoms with Crippen LogP contribution in [-0.2, 0) is 4.74 Å². The van der Waals surface area contributed by atoms with Gasteiger partial charge in [0.25, 0.3) is 11.8 Å². The number of hydrogen-bond acceptors (Lipinski definition) is 6. The lowest BCUT2D eigenvalue weighted by Gasteiger charge is -2.40. The molecular weight excluding hydrogens is 456 g/mol. The van der Waals surface area contributed by atoms with Gasteiger partial charge in [-0.3, -0.25) is 9.59 Å². The fourth-order valence-electron chi connectivity index (χ4n) is 4.24. The van der Waals surface area contributed by atoms with Gasteiger partial charge in [-0.25, -0.2) is 14.8 Å². The van der Waals surface area contributed by atoms with E-state index < -0.39 is 11.9 Å². The second kappa shape index (κ2) is 10.9. The number of carbonyl (C=O) groups excluding carboxylic acids is 3. The smallest absolute Gasteiger partial charge is 0.342 e. The summed E-state index contributed by atoms with van der Waals surface area (Å²) in [5.74, 6) is -0.806. The summed E-state index contributed by atoms with van der Waals surface area (Å²) >= 11 is 0. The first-order valence-corrected chi connectivity index (χ1v) is 11.8. The summed E-state index contributed by atoms with van der Waals surface area (Å²) < 4.78 is 5.24. The fourth-order valence-corrected chi connectivity index (χ4v) is 4.24. The number of ether oxygens (including phenoxy) is 1. The van der Waals surface area contributed by atoms with Crippen LogP contribution in [0.1, 0.15) is 43.8 Å². The predicted molar refractivity (Wildman–Crippen MR) is 136 cm³/mol. The maximum absolute atomic E-state index is 13.7. The molecule has 0 saturated carbocycles. The van der Waals surface area contributed by atoms with Crippen molar-refractivity contribution in [2.24, 2.45) is 0 Å². The molecule has 0 spiro atoms. The van der Waals surface area contributed by atoms with E-state index in [9.17, 15) is 14.4 Å². The van der Waals surface area contributed by atoms with Crippen molar-refractivity contribution in [1.29, 1.82) is 0 Å². The molecule has 184 valence electrons. The van der Waals surface area contributed by atoms with Crippen LogP contribution < -0.4 is 0 Å². The largest absolute Gasteiger partial charge is 0.458 e. The van der Waals surface area contributed by atoms with Gasteiger partial charge in [0.05, 0.1) is 5.69 Å². The third kappa shape index (κ3) is 5.17. The molecule has 0 radical (unpaired) electrons. The number of amides is 2. The summed E-state index contributed by atoms with van der Waals surface area (Å²) in [4.78, 5) is 52.0. The molecule has 0 N–H and O–H groups in total. The molecule has 2 aromatic carbocycles. The highest BCUT2D eigenvalue weighted by molar-refractivity contribution is 6.05. The third-order valence-electron chi connectivity index (χ3n) is 6.06. The van der Waals surface area contributed by atoms with Gasteiger partial charge in [-0.15, -0.1) is 0 Å². The Bertz CT molecular complexity index is 1280. The van der Waals surface area contributed by atoms with Crippen LogP contribution in [-0.4, -0.2) is 69.8 Å². The molecule has 0 aliphatic carbocycles. The van der Waals surface area contributed by atoms with E-state index >= 15 is 0 Å². The molecule has 1 unspecified atom stereocenters. The van der Waals surface area contributed by atoms with Gasteiger partial charge in [-0.05, 0) is 26.0 Å². The number of aromatic nitrogens is 2. The number of rotatable bonds is 6. The van der Waals surface area contributed by atoms with E-state index in [1.165, 1.54) is 6.08 Å². The number of hydrogen-bond donors (Lipinski definition) is 0. The SMILES string of the molecule is C=CCOC(=O)c1c(C)nc(-c2ccccc2)nc1C(=O)N1CCN(C(=O)c2ccccc2)C(C)C1. The van der Waals surface area contributed by atoms with Gasteiger partial charge in [0.15, 0.2) is 5.82 Å². The van der Waals surface area contributed by atoms with Crippen molar-refractivity contribution < 1.29 is 19.1 Å². The molecule has 2 heterocycles. The Balaban J connectivity index is 1.64. The second-order valence-corrected chi connectivity index (χ2v) is 8.57. The monoisotopic (exact) mass is 484 g/mol. The molecule has 2 amide bonds. The summed E-state index contributed by atoms with van der Waals surface area (Å²) in [6.45, 7) is 8.12. The van der Waals surface area contributed by atoms with Crippen molar-refractivity contribution in [3.63, 3.8) is 0 Å². The molecule has 4 rings (SSSR count). The maximum Gasteiger partial charge on any atom is 0.342 e. The van der Waals surface area contributed by atoms with Gasteiger partial charge in [0, 0.05) is 36.8 Å². The Morgan fingerprint density at radius 2 is 1.67 bits per heavy atom. The van der Waals surface area contributed by atoms with Gasteiger partial charge in [-0.1, -0.05) is 61.2 Å². The third-order valence-corrected chi connectivity index (χ3v) is 6.06. The summed E-state index contributed by atoms with van der Waals surface area (Å²) in [5, 5.41) is 0. The summed E-state index contributed by atoms with van der Waals surface area (Å²) in [6, 6.07) is 18.1. The molecule has 1 atom stereocenters. The van der Waals surface area contributed by atoms with E-state index in [1.54, 1.807) is 28.9 Å². The molecule has 1 aliphatic heterocycles. The number of carbonyl (C=O) groups is 3. The minimum atomic E-state index is -0.679. The number of aryl methyl sites for hydroxylation is 1. The zero-order valence-corrected chi connectivity index (χ0v) is 20.4. The average molecular weight is 485 g/mol. The highest BCUT2D eigenvalue weighted by Crippen LogP contribution is 2.23. The van der Waals surface area contributed by atoms with E-state index in [4.69, 9.17) is 4.74 Å². The van der Waals surface area contributed by atoms with Gasteiger partial charge in [0.1, 0.15) is 17.9 Å². The number of benzene rings is 2. The molecule has 1 fully saturated rings. The van der Waals surface area contributed by atoms with Crippen molar-refractivity contribution in [2.75, 3.05) is 26.2 Å². The Morgan fingerprint density at radius 1 is 1.00 bits per heavy atom. The van der Waals surface area contributed by atoms with Crippen LogP contribution in [0.25, 0.3) is 11.4 Å². The van der Waals surface area contributed by atoms with Gasteiger partial charge < -0.3 is 14.5 Å². The number of esters is 1. The first kappa shape index (κ1) is 24.8. The lowest BCUT2D eigenvalue weighted by molar-refractivity contribution is 0.0407. The fraction of sp³-hybridized carbons (Fsp3) is 0.250. The Kier molecular flexibility index (Phi) is 7.53. The Labute approximate surface area is 210 Å². The van der Waals surface area contributed by atoms with E-state index in [2.05, 4.69) is 16.5 Å². The summed E-state index contributed by atoms with van der Waals surface area (Å²) in [6.07, 6.45) is 1.46. The first-order chi connectivity index (χ1) is 17.4. The Hall–Kier alpha value is -4.33. The molecular formula is C28H28N4O4. The van der Waals surface area contributed by atoms with Crippen LogP contribution in [0.15, 0.2) is 73.3 Å². The van der Waals surface area contributed by atoms with Gasteiger partial charge in [-0.2, -0.15) is 0 Å². The second-order valence-electron chi connectivity index (χ2n) is 8.57. The highest BCUT2D eigenvalue weighted by Gasteiger charge is 2.34. The van der Waals surface area contributed by atoms with Crippen LogP contribution in [0, 0.1) is 6.92 Å². The minimum absolute atomic E-state index is 0.00362. The van der Waals surface area contributed by atoms with Crippen molar-refractivity contribution in [2.45, 2.75) is 19.9 Å². The molecule has 1 aliphatic rings. The molecule has 1 aromatic heterocycles. The van der Waals surface area contributed by atoms with E-state index in [0.29, 0.717) is 36.7 Å². The normalized spacial score (nSPS) is 15.3. The zero-order valence-electron chi connectivity index (χ0n) is 20.4. The van der Waals surface area contributed by atoms with Crippen LogP contribution in [0.4, 0.5) is 0 Å². The first-order valence-electron chi connectivity index (χ1n) is 11.8. The van der Waals surface area contributed by atoms with Crippen LogP contribution in [0.5, 0.6) is 0 Å². The molecule has 8 heteroatoms. The summed E-state index contributed by atoms with van der Waals surface area (Å²) in [7, 11) is 0. The Morgan fingerprint density at radius 3 is 2.31 bits per heavy atom. The molecule has 3 aromatic rings. The predicted octanol–water partition coefficient (Wildman–Crippen LogP) is 3.78. The molecule has 8 nitrogen and oxygen atoms in total. The van der Waals surface area contributed by atoms with Crippen LogP contribution in [0.3, 0.4) is 0 Å². The van der Waals surface area contributed by atoms with Crippen molar-refractivity contribution in [1.82, 2.24) is 19.8 Å². The average Bonchev–Trinajstić information content (AvgIpc) is 2.91. The summed E-state index contributed by atoms with van der Waals surface area (Å²) in [5.41, 5.74) is 1.72. The minimum Gasteiger partial charge on any atom is -0.458 e. The lowest BCUT2D eigenvalue weighted by atomic mass is 10.1. The highest BCUT2D eigenvalue weighted by atomic mass is 16.5.